The molecule has 2 aliphatic rings. The highest BCUT2D eigenvalue weighted by atomic mass is 35.5. The van der Waals surface area contributed by atoms with Crippen LogP contribution in [0, 0.1) is 11.3 Å². The molecule has 0 amide bonds. The average molecular weight is 282 g/mol. The number of halogens is 1. The highest BCUT2D eigenvalue weighted by molar-refractivity contribution is 6.28. The zero-order valence-corrected chi connectivity index (χ0v) is 12.0. The van der Waals surface area contributed by atoms with E-state index in [9.17, 15) is 0 Å². The molecule has 0 radical (unpaired) electrons. The van der Waals surface area contributed by atoms with Gasteiger partial charge in [0.1, 0.15) is 0 Å². The number of rotatable bonds is 7. The van der Waals surface area contributed by atoms with Crippen LogP contribution < -0.4 is 10.6 Å². The van der Waals surface area contributed by atoms with Crippen molar-refractivity contribution in [3.63, 3.8) is 0 Å². The number of hydrogen-bond acceptors (Lipinski definition) is 5. The molecule has 2 fully saturated rings. The lowest BCUT2D eigenvalue weighted by Gasteiger charge is -2.15. The zero-order valence-electron chi connectivity index (χ0n) is 11.2. The van der Waals surface area contributed by atoms with E-state index >= 15 is 0 Å². The Morgan fingerprint density at radius 2 is 1.84 bits per heavy atom. The minimum Gasteiger partial charge on any atom is -0.354 e. The van der Waals surface area contributed by atoms with Gasteiger partial charge in [-0.2, -0.15) is 15.0 Å². The summed E-state index contributed by atoms with van der Waals surface area (Å²) in [4.78, 5) is 12.6. The number of aromatic nitrogens is 3. The number of nitrogens with one attached hydrogen (secondary N) is 2. The molecule has 2 saturated carbocycles. The first-order chi connectivity index (χ1) is 9.22. The molecule has 6 heteroatoms. The fraction of sp³-hybridized carbons (Fsp3) is 0.769. The lowest BCUT2D eigenvalue weighted by atomic mass is 10.0. The Hall–Kier alpha value is -1.10. The Morgan fingerprint density at radius 1 is 1.16 bits per heavy atom. The molecular formula is C13H20ClN5. The van der Waals surface area contributed by atoms with Crippen LogP contribution in [-0.4, -0.2) is 28.0 Å². The van der Waals surface area contributed by atoms with Gasteiger partial charge in [-0.1, -0.05) is 6.92 Å². The first-order valence-corrected chi connectivity index (χ1v) is 7.49. The van der Waals surface area contributed by atoms with Crippen molar-refractivity contribution in [2.75, 3.05) is 23.7 Å². The lowest BCUT2D eigenvalue weighted by molar-refractivity contribution is 0.465. The molecule has 0 atom stereocenters. The quantitative estimate of drug-likeness (QED) is 0.804. The number of nitrogens with zero attached hydrogens (tertiary/aromatic N) is 3. The first-order valence-electron chi connectivity index (χ1n) is 7.11. The van der Waals surface area contributed by atoms with Gasteiger partial charge < -0.3 is 10.6 Å². The van der Waals surface area contributed by atoms with Gasteiger partial charge >= 0.3 is 0 Å². The van der Waals surface area contributed by atoms with Gasteiger partial charge in [0, 0.05) is 13.1 Å². The SMILES string of the molecule is CCCNc1nc(Cl)nc(NCC2(C3CC3)CC2)n1. The number of hydrogen-bond donors (Lipinski definition) is 2. The molecule has 3 rings (SSSR count). The second kappa shape index (κ2) is 5.12. The monoisotopic (exact) mass is 281 g/mol. The van der Waals surface area contributed by atoms with Crippen LogP contribution in [0.1, 0.15) is 39.0 Å². The third-order valence-corrected chi connectivity index (χ3v) is 4.24. The van der Waals surface area contributed by atoms with Gasteiger partial charge in [0.2, 0.25) is 17.2 Å². The van der Waals surface area contributed by atoms with E-state index in [2.05, 4.69) is 32.5 Å². The number of anilines is 2. The second-order valence-corrected chi connectivity index (χ2v) is 6.01. The van der Waals surface area contributed by atoms with Crippen LogP contribution in [0.2, 0.25) is 5.28 Å². The van der Waals surface area contributed by atoms with E-state index in [0.717, 1.165) is 25.4 Å². The van der Waals surface area contributed by atoms with Gasteiger partial charge in [-0.3, -0.25) is 0 Å². The predicted molar refractivity (Wildman–Crippen MR) is 76.5 cm³/mol. The topological polar surface area (TPSA) is 62.7 Å². The van der Waals surface area contributed by atoms with E-state index in [1.807, 2.05) is 0 Å². The molecule has 104 valence electrons. The fourth-order valence-corrected chi connectivity index (χ4v) is 2.75. The Labute approximate surface area is 118 Å². The van der Waals surface area contributed by atoms with Crippen LogP contribution in [0.3, 0.4) is 0 Å². The molecule has 0 saturated heterocycles. The highest BCUT2D eigenvalue weighted by Gasteiger charge is 2.53. The smallest absolute Gasteiger partial charge is 0.228 e. The maximum Gasteiger partial charge on any atom is 0.228 e. The molecule has 19 heavy (non-hydrogen) atoms. The summed E-state index contributed by atoms with van der Waals surface area (Å²) >= 11 is 5.93. The minimum absolute atomic E-state index is 0.243. The predicted octanol–water partition coefficient (Wildman–Crippen LogP) is 2.95. The molecule has 1 aromatic heterocycles. The van der Waals surface area contributed by atoms with E-state index in [1.165, 1.54) is 25.7 Å². The molecule has 0 aromatic carbocycles. The zero-order chi connectivity index (χ0) is 13.3. The summed E-state index contributed by atoms with van der Waals surface area (Å²) in [6, 6.07) is 0. The summed E-state index contributed by atoms with van der Waals surface area (Å²) in [6.45, 7) is 3.90. The van der Waals surface area contributed by atoms with E-state index in [1.54, 1.807) is 0 Å². The molecule has 0 spiro atoms. The summed E-state index contributed by atoms with van der Waals surface area (Å²) in [5.41, 5.74) is 0.524. The van der Waals surface area contributed by atoms with Gasteiger partial charge in [-0.05, 0) is 55.0 Å². The minimum atomic E-state index is 0.243. The molecule has 2 N–H and O–H groups in total. The van der Waals surface area contributed by atoms with Crippen LogP contribution in [0.4, 0.5) is 11.9 Å². The van der Waals surface area contributed by atoms with E-state index in [0.29, 0.717) is 17.3 Å². The van der Waals surface area contributed by atoms with Crippen molar-refractivity contribution < 1.29 is 0 Å². The Balaban J connectivity index is 1.61. The largest absolute Gasteiger partial charge is 0.354 e. The van der Waals surface area contributed by atoms with E-state index in [-0.39, 0.29) is 5.28 Å². The Kier molecular flexibility index (Phi) is 3.48. The third kappa shape index (κ3) is 3.08. The first kappa shape index (κ1) is 12.9. The van der Waals surface area contributed by atoms with Crippen LogP contribution in [-0.2, 0) is 0 Å². The summed E-state index contributed by atoms with van der Waals surface area (Å²) in [5.74, 6) is 2.07. The van der Waals surface area contributed by atoms with E-state index in [4.69, 9.17) is 11.6 Å². The Morgan fingerprint density at radius 3 is 2.42 bits per heavy atom. The summed E-state index contributed by atoms with van der Waals surface area (Å²) in [5, 5.41) is 6.72. The van der Waals surface area contributed by atoms with Crippen molar-refractivity contribution >= 4 is 23.5 Å². The highest BCUT2D eigenvalue weighted by Crippen LogP contribution is 2.61. The molecule has 0 aliphatic heterocycles. The van der Waals surface area contributed by atoms with Crippen molar-refractivity contribution in [2.24, 2.45) is 11.3 Å². The van der Waals surface area contributed by atoms with Gasteiger partial charge in [0.05, 0.1) is 0 Å². The van der Waals surface area contributed by atoms with Gasteiger partial charge in [0.25, 0.3) is 0 Å². The van der Waals surface area contributed by atoms with Gasteiger partial charge in [0.15, 0.2) is 0 Å². The molecular weight excluding hydrogens is 262 g/mol. The van der Waals surface area contributed by atoms with Crippen molar-refractivity contribution in [1.29, 1.82) is 0 Å². The van der Waals surface area contributed by atoms with Crippen molar-refractivity contribution in [3.05, 3.63) is 5.28 Å². The molecule has 1 aromatic rings. The molecule has 0 bridgehead atoms. The van der Waals surface area contributed by atoms with Gasteiger partial charge in [-0.25, -0.2) is 0 Å². The Bertz CT molecular complexity index is 456. The van der Waals surface area contributed by atoms with Crippen molar-refractivity contribution in [1.82, 2.24) is 15.0 Å². The van der Waals surface area contributed by atoms with Crippen LogP contribution in [0.15, 0.2) is 0 Å². The maximum absolute atomic E-state index is 5.93. The molecule has 5 nitrogen and oxygen atoms in total. The average Bonchev–Trinajstić information content (AvgIpc) is 3.26. The van der Waals surface area contributed by atoms with Crippen LogP contribution in [0.5, 0.6) is 0 Å². The summed E-state index contributed by atoms with van der Waals surface area (Å²) in [6.07, 6.45) is 6.48. The fourth-order valence-electron chi connectivity index (χ4n) is 2.59. The van der Waals surface area contributed by atoms with Crippen LogP contribution in [0.25, 0.3) is 0 Å². The molecule has 2 aliphatic carbocycles. The molecule has 1 heterocycles. The standard InChI is InChI=1S/C13H20ClN5/c1-2-7-15-11-17-10(14)18-12(19-11)16-8-13(5-6-13)9-3-4-9/h9H,2-8H2,1H3,(H2,15,16,17,18,19). The summed E-state index contributed by atoms with van der Waals surface area (Å²) < 4.78 is 0. The molecule has 0 unspecified atom stereocenters. The lowest BCUT2D eigenvalue weighted by Crippen LogP contribution is -2.19. The van der Waals surface area contributed by atoms with Crippen LogP contribution >= 0.6 is 11.6 Å². The maximum atomic E-state index is 5.93. The van der Waals surface area contributed by atoms with E-state index < -0.39 is 0 Å². The normalized spacial score (nSPS) is 20.1. The summed E-state index contributed by atoms with van der Waals surface area (Å²) in [7, 11) is 0. The third-order valence-electron chi connectivity index (χ3n) is 4.08. The second-order valence-electron chi connectivity index (χ2n) is 5.67. The van der Waals surface area contributed by atoms with Gasteiger partial charge in [-0.15, -0.1) is 0 Å². The van der Waals surface area contributed by atoms with Crippen molar-refractivity contribution in [2.45, 2.75) is 39.0 Å². The van der Waals surface area contributed by atoms with Crippen molar-refractivity contribution in [3.8, 4) is 0 Å².